The van der Waals surface area contributed by atoms with Gasteiger partial charge in [-0.1, -0.05) is 30.3 Å². The zero-order valence-corrected chi connectivity index (χ0v) is 18.3. The number of ether oxygens (including phenoxy) is 2. The van der Waals surface area contributed by atoms with Crippen LogP contribution in [0.3, 0.4) is 0 Å². The summed E-state index contributed by atoms with van der Waals surface area (Å²) in [4.78, 5) is 25.9. The largest absolute Gasteiger partial charge is 0.494 e. The molecule has 0 aliphatic heterocycles. The van der Waals surface area contributed by atoms with E-state index in [2.05, 4.69) is 10.6 Å². The first-order valence-electron chi connectivity index (χ1n) is 10.6. The van der Waals surface area contributed by atoms with Crippen molar-refractivity contribution in [2.75, 3.05) is 17.2 Å². The Kier molecular flexibility index (Phi) is 6.59. The Labute approximate surface area is 191 Å². The Morgan fingerprint density at radius 2 is 1.58 bits per heavy atom. The fourth-order valence-electron chi connectivity index (χ4n) is 3.30. The van der Waals surface area contributed by atoms with Gasteiger partial charge in [-0.3, -0.25) is 9.59 Å². The van der Waals surface area contributed by atoms with Crippen LogP contribution in [0.5, 0.6) is 11.5 Å². The topological polar surface area (TPSA) is 89.8 Å². The molecular formula is C26H24N2O5. The lowest BCUT2D eigenvalue weighted by Crippen LogP contribution is -2.30. The van der Waals surface area contributed by atoms with Crippen molar-refractivity contribution < 1.29 is 23.5 Å². The zero-order valence-electron chi connectivity index (χ0n) is 18.3. The second kappa shape index (κ2) is 9.91. The smallest absolute Gasteiger partial charge is 0.293 e. The predicted molar refractivity (Wildman–Crippen MR) is 127 cm³/mol. The summed E-state index contributed by atoms with van der Waals surface area (Å²) in [6.45, 7) is 4.10. The number of rotatable bonds is 8. The molecule has 0 saturated heterocycles. The number of para-hydroxylation sites is 2. The third-order valence-electron chi connectivity index (χ3n) is 4.90. The first kappa shape index (κ1) is 22.0. The quantitative estimate of drug-likeness (QED) is 0.375. The Bertz CT molecular complexity index is 1250. The van der Waals surface area contributed by atoms with E-state index < -0.39 is 17.9 Å². The summed E-state index contributed by atoms with van der Waals surface area (Å²) in [6, 6.07) is 23.2. The molecule has 7 heteroatoms. The van der Waals surface area contributed by atoms with Crippen molar-refractivity contribution in [1.82, 2.24) is 0 Å². The standard InChI is InChI=1S/C26H24N2O5/c1-3-31-19-15-13-18(14-16-19)27-26(30)24-23(21-11-7-8-12-22(21)33-24)28-25(29)17(2)32-20-9-5-4-6-10-20/h4-17H,3H2,1-2H3,(H,27,30)(H,28,29)/t17-/m0/s1. The lowest BCUT2D eigenvalue weighted by Gasteiger charge is -2.15. The SMILES string of the molecule is CCOc1ccc(NC(=O)c2oc3ccccc3c2NC(=O)[C@H](C)Oc2ccccc2)cc1. The van der Waals surface area contributed by atoms with E-state index in [1.54, 1.807) is 61.5 Å². The molecule has 168 valence electrons. The van der Waals surface area contributed by atoms with E-state index in [-0.39, 0.29) is 5.76 Å². The van der Waals surface area contributed by atoms with E-state index in [0.29, 0.717) is 40.4 Å². The van der Waals surface area contributed by atoms with E-state index in [1.807, 2.05) is 31.2 Å². The number of carbonyl (C=O) groups is 2. The molecule has 1 atom stereocenters. The molecule has 7 nitrogen and oxygen atoms in total. The van der Waals surface area contributed by atoms with Gasteiger partial charge in [-0.2, -0.15) is 0 Å². The number of furan rings is 1. The number of fused-ring (bicyclic) bond motifs is 1. The first-order valence-corrected chi connectivity index (χ1v) is 10.6. The number of anilines is 2. The summed E-state index contributed by atoms with van der Waals surface area (Å²) in [5.74, 6) is 0.401. The normalized spacial score (nSPS) is 11.6. The molecule has 1 heterocycles. The summed E-state index contributed by atoms with van der Waals surface area (Å²) in [5.41, 5.74) is 1.35. The van der Waals surface area contributed by atoms with Crippen LogP contribution in [0, 0.1) is 0 Å². The Morgan fingerprint density at radius 3 is 2.30 bits per heavy atom. The number of carbonyl (C=O) groups excluding carboxylic acids is 2. The predicted octanol–water partition coefficient (Wildman–Crippen LogP) is 5.49. The molecule has 4 aromatic rings. The Morgan fingerprint density at radius 1 is 0.879 bits per heavy atom. The van der Waals surface area contributed by atoms with Crippen molar-refractivity contribution in [1.29, 1.82) is 0 Å². The summed E-state index contributed by atoms with van der Waals surface area (Å²) < 4.78 is 16.9. The van der Waals surface area contributed by atoms with Gasteiger partial charge in [0.2, 0.25) is 5.76 Å². The maximum Gasteiger partial charge on any atom is 0.293 e. The summed E-state index contributed by atoms with van der Waals surface area (Å²) >= 11 is 0. The molecule has 2 amide bonds. The van der Waals surface area contributed by atoms with Crippen LogP contribution in [-0.4, -0.2) is 24.5 Å². The van der Waals surface area contributed by atoms with Crippen LogP contribution in [0.15, 0.2) is 83.3 Å². The average molecular weight is 444 g/mol. The molecule has 0 bridgehead atoms. The highest BCUT2D eigenvalue weighted by Crippen LogP contribution is 2.32. The van der Waals surface area contributed by atoms with Crippen molar-refractivity contribution >= 4 is 34.2 Å². The molecule has 0 radical (unpaired) electrons. The second-order valence-electron chi connectivity index (χ2n) is 7.28. The first-order chi connectivity index (χ1) is 16.0. The van der Waals surface area contributed by atoms with Gasteiger partial charge in [0.25, 0.3) is 11.8 Å². The van der Waals surface area contributed by atoms with E-state index in [9.17, 15) is 9.59 Å². The monoisotopic (exact) mass is 444 g/mol. The summed E-state index contributed by atoms with van der Waals surface area (Å²) in [7, 11) is 0. The fraction of sp³-hybridized carbons (Fsp3) is 0.154. The fourth-order valence-corrected chi connectivity index (χ4v) is 3.30. The van der Waals surface area contributed by atoms with Crippen LogP contribution in [0.4, 0.5) is 11.4 Å². The van der Waals surface area contributed by atoms with Crippen LogP contribution >= 0.6 is 0 Å². The van der Waals surface area contributed by atoms with Crippen molar-refractivity contribution in [3.63, 3.8) is 0 Å². The molecule has 2 N–H and O–H groups in total. The number of amides is 2. The zero-order chi connectivity index (χ0) is 23.2. The number of benzene rings is 3. The number of hydrogen-bond donors (Lipinski definition) is 2. The molecule has 33 heavy (non-hydrogen) atoms. The van der Waals surface area contributed by atoms with Crippen molar-refractivity contribution in [2.24, 2.45) is 0 Å². The molecule has 0 unspecified atom stereocenters. The molecule has 0 spiro atoms. The van der Waals surface area contributed by atoms with Gasteiger partial charge in [0.05, 0.1) is 6.61 Å². The van der Waals surface area contributed by atoms with E-state index in [0.717, 1.165) is 0 Å². The summed E-state index contributed by atoms with van der Waals surface area (Å²) in [6.07, 6.45) is -0.789. The molecule has 0 aliphatic rings. The molecule has 1 aromatic heterocycles. The number of hydrogen-bond acceptors (Lipinski definition) is 5. The van der Waals surface area contributed by atoms with E-state index >= 15 is 0 Å². The van der Waals surface area contributed by atoms with Crippen LogP contribution < -0.4 is 20.1 Å². The van der Waals surface area contributed by atoms with Crippen LogP contribution in [-0.2, 0) is 4.79 Å². The van der Waals surface area contributed by atoms with Gasteiger partial charge in [0.15, 0.2) is 6.10 Å². The Hall–Kier alpha value is -4.26. The maximum atomic E-state index is 13.0. The van der Waals surface area contributed by atoms with Gasteiger partial charge in [-0.05, 0) is 62.4 Å². The lowest BCUT2D eigenvalue weighted by molar-refractivity contribution is -0.122. The number of nitrogens with one attached hydrogen (secondary N) is 2. The average Bonchev–Trinajstić information content (AvgIpc) is 3.19. The maximum absolute atomic E-state index is 13.0. The molecule has 3 aromatic carbocycles. The van der Waals surface area contributed by atoms with Gasteiger partial charge in [-0.25, -0.2) is 0 Å². The molecule has 0 saturated carbocycles. The van der Waals surface area contributed by atoms with E-state index in [4.69, 9.17) is 13.9 Å². The minimum Gasteiger partial charge on any atom is -0.494 e. The van der Waals surface area contributed by atoms with Crippen LogP contribution in [0.2, 0.25) is 0 Å². The minimum absolute atomic E-state index is 0.00495. The molecule has 0 fully saturated rings. The molecule has 4 rings (SSSR count). The highest BCUT2D eigenvalue weighted by molar-refractivity contribution is 6.15. The van der Waals surface area contributed by atoms with Gasteiger partial charge < -0.3 is 24.5 Å². The van der Waals surface area contributed by atoms with Crippen molar-refractivity contribution in [3.8, 4) is 11.5 Å². The third-order valence-corrected chi connectivity index (χ3v) is 4.90. The molecular weight excluding hydrogens is 420 g/mol. The highest BCUT2D eigenvalue weighted by atomic mass is 16.5. The van der Waals surface area contributed by atoms with Crippen molar-refractivity contribution in [3.05, 3.63) is 84.6 Å². The lowest BCUT2D eigenvalue weighted by atomic mass is 10.2. The van der Waals surface area contributed by atoms with E-state index in [1.165, 1.54) is 0 Å². The van der Waals surface area contributed by atoms with Gasteiger partial charge in [0.1, 0.15) is 22.8 Å². The van der Waals surface area contributed by atoms with Gasteiger partial charge in [-0.15, -0.1) is 0 Å². The van der Waals surface area contributed by atoms with Crippen molar-refractivity contribution in [2.45, 2.75) is 20.0 Å². The molecule has 0 aliphatic carbocycles. The highest BCUT2D eigenvalue weighted by Gasteiger charge is 2.25. The third kappa shape index (κ3) is 5.15. The van der Waals surface area contributed by atoms with Gasteiger partial charge >= 0.3 is 0 Å². The van der Waals surface area contributed by atoms with Crippen LogP contribution in [0.1, 0.15) is 24.4 Å². The van der Waals surface area contributed by atoms with Crippen LogP contribution in [0.25, 0.3) is 11.0 Å². The Balaban J connectivity index is 1.56. The minimum atomic E-state index is -0.789. The summed E-state index contributed by atoms with van der Waals surface area (Å²) in [5, 5.41) is 6.23. The van der Waals surface area contributed by atoms with Gasteiger partial charge in [0, 0.05) is 11.1 Å². The second-order valence-corrected chi connectivity index (χ2v) is 7.28.